The largest absolute Gasteiger partial charge is 0.503 e. The first kappa shape index (κ1) is 38.3. The third kappa shape index (κ3) is 10.1. The molecule has 0 saturated carbocycles. The number of ether oxygens (including phenoxy) is 1. The minimum Gasteiger partial charge on any atom is -0.503 e. The Balaban J connectivity index is 0.938. The van der Waals surface area contributed by atoms with Gasteiger partial charge in [0.1, 0.15) is 12.3 Å². The van der Waals surface area contributed by atoms with Gasteiger partial charge in [-0.15, -0.1) is 5.10 Å². The van der Waals surface area contributed by atoms with Gasteiger partial charge in [0.15, 0.2) is 5.75 Å². The van der Waals surface area contributed by atoms with Crippen molar-refractivity contribution < 1.29 is 9.84 Å². The normalized spacial score (nSPS) is 13.4. The Morgan fingerprint density at radius 3 is 2.24 bits per heavy atom. The zero-order chi connectivity index (χ0) is 37.7. The first-order chi connectivity index (χ1) is 26.4. The van der Waals surface area contributed by atoms with Gasteiger partial charge >= 0.3 is 0 Å². The second-order valence-electron chi connectivity index (χ2n) is 14.1. The van der Waals surface area contributed by atoms with E-state index in [9.17, 15) is 9.90 Å². The zero-order valence-electron chi connectivity index (χ0n) is 32.0. The van der Waals surface area contributed by atoms with Gasteiger partial charge in [-0.2, -0.15) is 0 Å². The van der Waals surface area contributed by atoms with Gasteiger partial charge in [0.05, 0.1) is 17.6 Å². The maximum atomic E-state index is 11.6. The Labute approximate surface area is 319 Å². The molecule has 0 bridgehead atoms. The Morgan fingerprint density at radius 2 is 1.56 bits per heavy atom. The van der Waals surface area contributed by atoms with Gasteiger partial charge in [-0.25, -0.2) is 0 Å². The molecule has 2 aromatic heterocycles. The Hall–Kier alpha value is -5.47. The number of allylic oxidation sites excluding steroid dienone is 6. The van der Waals surface area contributed by atoms with E-state index in [4.69, 9.17) is 4.74 Å². The van der Waals surface area contributed by atoms with Gasteiger partial charge in [0, 0.05) is 50.4 Å². The standard InChI is InChI=1S/C46H53N5O3/c1-4-42(37-15-9-7-10-16-37)45(39-17-11-8-12-18-39)40-23-25-41(26-24-40)54-32-31-49(3)33-36-19-21-38(22-20-36)43-34-51(48-47-43)29-14-6-5-13-28-50-30-27-44(52)46(53)35(50)2/h7-12,15-23,25,27,30,34,53H,4-6,13-14,24,26,28-29,31-33H2,1-3H3/b45-42-. The lowest BCUT2D eigenvalue weighted by molar-refractivity contribution is 0.162. The molecule has 0 amide bonds. The molecule has 1 aliphatic rings. The predicted octanol–water partition coefficient (Wildman–Crippen LogP) is 9.45. The van der Waals surface area contributed by atoms with Crippen molar-refractivity contribution in [3.8, 4) is 17.0 Å². The Kier molecular flexibility index (Phi) is 13.5. The Bertz CT molecular complexity index is 2110. The topological polar surface area (TPSA) is 85.4 Å². The first-order valence-electron chi connectivity index (χ1n) is 19.3. The monoisotopic (exact) mass is 723 g/mol. The van der Waals surface area contributed by atoms with Gasteiger partial charge in [-0.1, -0.05) is 116 Å². The average Bonchev–Trinajstić information content (AvgIpc) is 3.68. The molecule has 1 aliphatic carbocycles. The van der Waals surface area contributed by atoms with Gasteiger partial charge in [0.2, 0.25) is 5.43 Å². The molecular formula is C46H53N5O3. The SMILES string of the molecule is CC/C(=C(/C1=CC=C(OCCN(C)Cc2ccc(-c3cn(CCCCCCn4ccc(=O)c(O)c4C)nn3)cc2)CC1)c1ccccc1)c1ccccc1. The summed E-state index contributed by atoms with van der Waals surface area (Å²) < 4.78 is 10.1. The molecule has 0 atom stereocenters. The van der Waals surface area contributed by atoms with Crippen LogP contribution >= 0.6 is 0 Å². The van der Waals surface area contributed by atoms with Crippen LogP contribution in [0.4, 0.5) is 0 Å². The van der Waals surface area contributed by atoms with E-state index in [1.807, 2.05) is 15.4 Å². The lowest BCUT2D eigenvalue weighted by atomic mass is 9.84. The minimum atomic E-state index is -0.326. The summed E-state index contributed by atoms with van der Waals surface area (Å²) in [5.74, 6) is 0.897. The summed E-state index contributed by atoms with van der Waals surface area (Å²) >= 11 is 0. The van der Waals surface area contributed by atoms with Crippen molar-refractivity contribution in [2.24, 2.45) is 0 Å². The third-order valence-electron chi connectivity index (χ3n) is 10.2. The molecule has 0 radical (unpaired) electrons. The molecule has 2 heterocycles. The number of aromatic nitrogens is 4. The van der Waals surface area contributed by atoms with Crippen LogP contribution in [0.3, 0.4) is 0 Å². The van der Waals surface area contributed by atoms with Crippen molar-refractivity contribution in [2.75, 3.05) is 20.2 Å². The minimum absolute atomic E-state index is 0.153. The van der Waals surface area contributed by atoms with Crippen LogP contribution in [-0.4, -0.2) is 49.8 Å². The van der Waals surface area contributed by atoms with Crippen molar-refractivity contribution in [3.05, 3.63) is 159 Å². The van der Waals surface area contributed by atoms with E-state index in [-0.39, 0.29) is 11.2 Å². The second-order valence-corrected chi connectivity index (χ2v) is 14.1. The van der Waals surface area contributed by atoms with Gasteiger partial charge in [-0.05, 0) is 79.1 Å². The number of likely N-dealkylation sites (N-methyl/N-ethyl adjacent to an activating group) is 1. The van der Waals surface area contributed by atoms with Crippen LogP contribution < -0.4 is 5.43 Å². The highest BCUT2D eigenvalue weighted by molar-refractivity contribution is 5.98. The number of rotatable bonds is 18. The predicted molar refractivity (Wildman–Crippen MR) is 219 cm³/mol. The maximum Gasteiger partial charge on any atom is 0.223 e. The van der Waals surface area contributed by atoms with Crippen LogP contribution in [0, 0.1) is 6.92 Å². The molecular weight excluding hydrogens is 671 g/mol. The highest BCUT2D eigenvalue weighted by atomic mass is 16.5. The summed E-state index contributed by atoms with van der Waals surface area (Å²) in [5, 5.41) is 18.6. The van der Waals surface area contributed by atoms with Crippen molar-refractivity contribution in [1.82, 2.24) is 24.5 Å². The van der Waals surface area contributed by atoms with Crippen LogP contribution in [0.25, 0.3) is 22.4 Å². The molecule has 5 aromatic rings. The summed E-state index contributed by atoms with van der Waals surface area (Å²) in [6.07, 6.45) is 15.2. The van der Waals surface area contributed by atoms with Gasteiger partial charge in [0.25, 0.3) is 0 Å². The summed E-state index contributed by atoms with van der Waals surface area (Å²) in [4.78, 5) is 13.9. The van der Waals surface area contributed by atoms with Crippen LogP contribution in [0.1, 0.15) is 74.3 Å². The van der Waals surface area contributed by atoms with Crippen molar-refractivity contribution in [1.29, 1.82) is 0 Å². The molecule has 6 rings (SSSR count). The van der Waals surface area contributed by atoms with Crippen LogP contribution in [-0.2, 0) is 24.4 Å². The molecule has 8 heteroatoms. The van der Waals surface area contributed by atoms with Crippen molar-refractivity contribution >= 4 is 11.1 Å². The Morgan fingerprint density at radius 1 is 0.852 bits per heavy atom. The van der Waals surface area contributed by atoms with E-state index < -0.39 is 0 Å². The summed E-state index contributed by atoms with van der Waals surface area (Å²) in [6, 6.07) is 31.6. The summed E-state index contributed by atoms with van der Waals surface area (Å²) in [6.45, 7) is 7.96. The molecule has 0 aliphatic heterocycles. The third-order valence-corrected chi connectivity index (χ3v) is 10.2. The molecule has 54 heavy (non-hydrogen) atoms. The van der Waals surface area contributed by atoms with E-state index in [0.29, 0.717) is 12.3 Å². The fraction of sp³-hybridized carbons (Fsp3) is 0.326. The lowest BCUT2D eigenvalue weighted by Crippen LogP contribution is -2.22. The molecule has 0 unspecified atom stereocenters. The summed E-state index contributed by atoms with van der Waals surface area (Å²) in [5.41, 5.74) is 10.1. The smallest absolute Gasteiger partial charge is 0.223 e. The van der Waals surface area contributed by atoms with Crippen LogP contribution in [0.5, 0.6) is 5.75 Å². The number of nitrogens with zero attached hydrogens (tertiary/aromatic N) is 5. The van der Waals surface area contributed by atoms with E-state index in [1.165, 1.54) is 39.5 Å². The second kappa shape index (κ2) is 19.0. The molecule has 8 nitrogen and oxygen atoms in total. The maximum absolute atomic E-state index is 11.6. The quantitative estimate of drug-likeness (QED) is 0.0717. The van der Waals surface area contributed by atoms with Crippen LogP contribution in [0.15, 0.2) is 132 Å². The highest BCUT2D eigenvalue weighted by Crippen LogP contribution is 2.38. The first-order valence-corrected chi connectivity index (χ1v) is 19.3. The number of hydrogen-bond acceptors (Lipinski definition) is 6. The molecule has 0 fully saturated rings. The number of unbranched alkanes of at least 4 members (excludes halogenated alkanes) is 3. The zero-order valence-corrected chi connectivity index (χ0v) is 32.0. The van der Waals surface area contributed by atoms with Crippen LogP contribution in [0.2, 0.25) is 0 Å². The number of aryl methyl sites for hydroxylation is 2. The lowest BCUT2D eigenvalue weighted by Gasteiger charge is -2.23. The van der Waals surface area contributed by atoms with E-state index in [2.05, 4.69) is 126 Å². The summed E-state index contributed by atoms with van der Waals surface area (Å²) in [7, 11) is 2.14. The van der Waals surface area contributed by atoms with Gasteiger partial charge in [-0.3, -0.25) is 14.4 Å². The van der Waals surface area contributed by atoms with Gasteiger partial charge < -0.3 is 14.4 Å². The molecule has 3 aromatic carbocycles. The molecule has 1 N–H and O–H groups in total. The highest BCUT2D eigenvalue weighted by Gasteiger charge is 2.18. The number of pyridine rings is 1. The molecule has 280 valence electrons. The molecule has 0 saturated heterocycles. The van der Waals surface area contributed by atoms with E-state index in [0.717, 1.165) is 88.1 Å². The number of benzene rings is 3. The number of hydrogen-bond donors (Lipinski definition) is 1. The van der Waals surface area contributed by atoms with Crippen molar-refractivity contribution in [3.63, 3.8) is 0 Å². The van der Waals surface area contributed by atoms with E-state index >= 15 is 0 Å². The van der Waals surface area contributed by atoms with E-state index in [1.54, 1.807) is 13.1 Å². The molecule has 0 spiro atoms. The fourth-order valence-corrected chi connectivity index (χ4v) is 7.13. The van der Waals surface area contributed by atoms with Crippen molar-refractivity contribution in [2.45, 2.75) is 78.4 Å². The average molecular weight is 724 g/mol. The fourth-order valence-electron chi connectivity index (χ4n) is 7.13. The number of aromatic hydroxyl groups is 1.